The summed E-state index contributed by atoms with van der Waals surface area (Å²) in [7, 11) is 0. The molecular weight excluding hydrogens is 495 g/mol. The molecule has 32 heavy (non-hydrogen) atoms. The minimum absolute atomic E-state index is 0. The van der Waals surface area contributed by atoms with Gasteiger partial charge in [0, 0.05) is 11.5 Å². The van der Waals surface area contributed by atoms with Crippen molar-refractivity contribution in [2.24, 2.45) is 0 Å². The van der Waals surface area contributed by atoms with Gasteiger partial charge in [-0.05, 0) is 22.2 Å². The molecule has 2 heterocycles. The van der Waals surface area contributed by atoms with Gasteiger partial charge in [0.2, 0.25) is 0 Å². The molecule has 2 aromatic carbocycles. The van der Waals surface area contributed by atoms with Crippen LogP contribution in [-0.4, -0.2) is 29.5 Å². The number of nitrogens with zero attached hydrogens (tertiary/aromatic N) is 6. The number of ether oxygens (including phenoxy) is 1. The molecule has 0 amide bonds. The molecule has 0 bridgehead atoms. The molecule has 4 rings (SSSR count). The van der Waals surface area contributed by atoms with Crippen molar-refractivity contribution in [1.29, 1.82) is 0 Å². The number of aromatic nitrogens is 6. The number of benzene rings is 2. The van der Waals surface area contributed by atoms with E-state index >= 15 is 0 Å². The molecule has 0 spiro atoms. The molecule has 2 aromatic heterocycles. The monoisotopic (exact) mass is 520 g/mol. The van der Waals surface area contributed by atoms with Gasteiger partial charge in [-0.2, -0.15) is 10.2 Å². The predicted octanol–water partition coefficient (Wildman–Crippen LogP) is 4.83. The van der Waals surface area contributed by atoms with Crippen LogP contribution in [0.25, 0.3) is 11.4 Å². The van der Waals surface area contributed by atoms with Crippen molar-refractivity contribution in [2.75, 3.05) is 0 Å². The van der Waals surface area contributed by atoms with Crippen LogP contribution in [0.5, 0.6) is 11.5 Å². The van der Waals surface area contributed by atoms with E-state index in [0.717, 1.165) is 22.5 Å². The summed E-state index contributed by atoms with van der Waals surface area (Å²) in [6, 6.07) is 14.7. The maximum absolute atomic E-state index is 6.29. The molecule has 4 aromatic rings. The Bertz CT molecular complexity index is 1080. The van der Waals surface area contributed by atoms with Gasteiger partial charge in [0.25, 0.3) is 0 Å². The van der Waals surface area contributed by atoms with Crippen LogP contribution in [0, 0.1) is 12.1 Å². The van der Waals surface area contributed by atoms with E-state index in [2.05, 4.69) is 86.0 Å². The minimum Gasteiger partial charge on any atom is -0.509 e. The van der Waals surface area contributed by atoms with Gasteiger partial charge in [-0.25, -0.2) is 19.3 Å². The Morgan fingerprint density at radius 3 is 1.41 bits per heavy atom. The van der Waals surface area contributed by atoms with Gasteiger partial charge in [-0.3, -0.25) is 0 Å². The topological polar surface area (TPSA) is 70.7 Å². The summed E-state index contributed by atoms with van der Waals surface area (Å²) >= 11 is 0. The Labute approximate surface area is 202 Å². The molecule has 0 atom stereocenters. The molecule has 0 unspecified atom stereocenters. The average molecular weight is 521 g/mol. The quantitative estimate of drug-likeness (QED) is 0.285. The van der Waals surface area contributed by atoms with E-state index in [-0.39, 0.29) is 31.3 Å². The average Bonchev–Trinajstić information content (AvgIpc) is 3.40. The maximum atomic E-state index is 6.29. The first-order valence-corrected chi connectivity index (χ1v) is 10.1. The summed E-state index contributed by atoms with van der Waals surface area (Å²) in [6.45, 7) is 13.0. The van der Waals surface area contributed by atoms with Crippen LogP contribution in [-0.2, 0) is 31.3 Å². The zero-order valence-electron chi connectivity index (χ0n) is 19.0. The molecule has 0 aliphatic rings. The van der Waals surface area contributed by atoms with Crippen LogP contribution in [0.3, 0.4) is 0 Å². The molecule has 0 fully saturated rings. The van der Waals surface area contributed by atoms with Crippen LogP contribution in [0.15, 0.2) is 49.6 Å². The molecule has 0 saturated heterocycles. The van der Waals surface area contributed by atoms with E-state index in [4.69, 9.17) is 4.74 Å². The smallest absolute Gasteiger partial charge is 0.509 e. The Hall–Kier alpha value is -2.82. The fourth-order valence-corrected chi connectivity index (χ4v) is 3.06. The normalized spacial score (nSPS) is 11.8. The van der Waals surface area contributed by atoms with Gasteiger partial charge in [0.05, 0.1) is 0 Å². The second-order valence-corrected chi connectivity index (χ2v) is 9.52. The van der Waals surface area contributed by atoms with E-state index in [1.54, 1.807) is 22.0 Å². The van der Waals surface area contributed by atoms with Crippen molar-refractivity contribution in [3.05, 3.63) is 72.8 Å². The Morgan fingerprint density at radius 2 is 1.09 bits per heavy atom. The van der Waals surface area contributed by atoms with Crippen LogP contribution >= 0.6 is 0 Å². The van der Waals surface area contributed by atoms with Crippen LogP contribution in [0.1, 0.15) is 52.7 Å². The zero-order chi connectivity index (χ0) is 22.2. The van der Waals surface area contributed by atoms with Gasteiger partial charge < -0.3 is 4.74 Å². The van der Waals surface area contributed by atoms with Crippen molar-refractivity contribution in [2.45, 2.75) is 52.4 Å². The van der Waals surface area contributed by atoms with E-state index < -0.39 is 0 Å². The molecular formula is C24H26N6OPd. The van der Waals surface area contributed by atoms with Gasteiger partial charge in [0.1, 0.15) is 25.3 Å². The fraction of sp³-hybridized carbons (Fsp3) is 0.333. The second kappa shape index (κ2) is 8.97. The number of hydrogen-bond acceptors (Lipinski definition) is 5. The second-order valence-electron chi connectivity index (χ2n) is 9.52. The third-order valence-electron chi connectivity index (χ3n) is 4.94. The molecule has 0 aliphatic carbocycles. The maximum Gasteiger partial charge on any atom is 2.00 e. The van der Waals surface area contributed by atoms with Gasteiger partial charge >= 0.3 is 20.4 Å². The fourth-order valence-electron chi connectivity index (χ4n) is 3.06. The van der Waals surface area contributed by atoms with E-state index in [0.29, 0.717) is 11.5 Å². The van der Waals surface area contributed by atoms with Crippen molar-refractivity contribution in [3.63, 3.8) is 0 Å². The van der Waals surface area contributed by atoms with Crippen molar-refractivity contribution in [1.82, 2.24) is 29.5 Å². The SMILES string of the molecule is CC(C)(C)c1cc(Oc2[c-]c(-n3cncn3)cc(C(C)(C)C)c2)[c-]c(-n2cncn2)c1.[Pd+2]. The van der Waals surface area contributed by atoms with E-state index in [9.17, 15) is 0 Å². The Kier molecular flexibility index (Phi) is 6.68. The van der Waals surface area contributed by atoms with Crippen LogP contribution in [0.4, 0.5) is 0 Å². The van der Waals surface area contributed by atoms with Crippen LogP contribution < -0.4 is 4.74 Å². The van der Waals surface area contributed by atoms with Gasteiger partial charge in [-0.15, -0.1) is 47.5 Å². The van der Waals surface area contributed by atoms with Crippen molar-refractivity contribution >= 4 is 0 Å². The first-order valence-electron chi connectivity index (χ1n) is 10.1. The summed E-state index contributed by atoms with van der Waals surface area (Å²) in [5.41, 5.74) is 3.59. The number of hydrogen-bond donors (Lipinski definition) is 0. The Morgan fingerprint density at radius 1 is 0.688 bits per heavy atom. The third kappa shape index (κ3) is 5.32. The summed E-state index contributed by atoms with van der Waals surface area (Å²) < 4.78 is 9.65. The predicted molar refractivity (Wildman–Crippen MR) is 118 cm³/mol. The molecule has 0 N–H and O–H groups in total. The van der Waals surface area contributed by atoms with E-state index in [1.165, 1.54) is 12.7 Å². The molecule has 7 nitrogen and oxygen atoms in total. The Balaban J connectivity index is 0.00000289. The molecule has 0 saturated carbocycles. The van der Waals surface area contributed by atoms with Gasteiger partial charge in [0.15, 0.2) is 0 Å². The summed E-state index contributed by atoms with van der Waals surface area (Å²) in [5.74, 6) is 1.18. The summed E-state index contributed by atoms with van der Waals surface area (Å²) in [5, 5.41) is 8.49. The van der Waals surface area contributed by atoms with E-state index in [1.807, 2.05) is 12.1 Å². The molecule has 8 heteroatoms. The minimum atomic E-state index is -0.0780. The van der Waals surface area contributed by atoms with Crippen LogP contribution in [0.2, 0.25) is 0 Å². The number of rotatable bonds is 4. The third-order valence-corrected chi connectivity index (χ3v) is 4.94. The van der Waals surface area contributed by atoms with Crippen molar-refractivity contribution < 1.29 is 25.2 Å². The summed E-state index contributed by atoms with van der Waals surface area (Å²) in [6.07, 6.45) is 6.31. The summed E-state index contributed by atoms with van der Waals surface area (Å²) in [4.78, 5) is 8.10. The first kappa shape index (κ1) is 23.8. The van der Waals surface area contributed by atoms with Crippen molar-refractivity contribution in [3.8, 4) is 22.9 Å². The molecule has 168 valence electrons. The molecule has 0 radical (unpaired) electrons. The van der Waals surface area contributed by atoms with Gasteiger partial charge in [-0.1, -0.05) is 41.5 Å². The largest absolute Gasteiger partial charge is 2.00 e. The molecule has 0 aliphatic heterocycles. The first-order chi connectivity index (χ1) is 14.6. The zero-order valence-corrected chi connectivity index (χ0v) is 20.6. The standard InChI is InChI=1S/C24H26N6O.Pd/c1-23(2,3)17-7-19(29-15-25-13-27-29)11-21(9-17)31-22-10-18(24(4,5)6)8-20(12-22)30-16-26-14-28-30;/h7-10,13-16H,1-6H3;/q-2;+2.